The molecule has 1 heterocycles. The quantitative estimate of drug-likeness (QED) is 0.658. The zero-order valence-corrected chi connectivity index (χ0v) is 11.8. The molecule has 0 amide bonds. The Morgan fingerprint density at radius 1 is 1.50 bits per heavy atom. The molecule has 1 unspecified atom stereocenters. The SMILES string of the molecule is COC(=O)C(CC(C)C)Nc1ncnc(Cl)c1C. The summed E-state index contributed by atoms with van der Waals surface area (Å²) in [4.78, 5) is 19.6. The van der Waals surface area contributed by atoms with E-state index >= 15 is 0 Å². The fraction of sp³-hybridized carbons (Fsp3) is 0.583. The Labute approximate surface area is 112 Å². The Bertz CT molecular complexity index is 424. The summed E-state index contributed by atoms with van der Waals surface area (Å²) >= 11 is 5.91. The van der Waals surface area contributed by atoms with Crippen LogP contribution >= 0.6 is 11.6 Å². The molecule has 1 rings (SSSR count). The predicted octanol–water partition coefficient (Wildman–Crippen LogP) is 2.44. The van der Waals surface area contributed by atoms with Crippen LogP contribution in [0.2, 0.25) is 5.15 Å². The van der Waals surface area contributed by atoms with Gasteiger partial charge in [0.2, 0.25) is 0 Å². The summed E-state index contributed by atoms with van der Waals surface area (Å²) in [5, 5.41) is 3.44. The lowest BCUT2D eigenvalue weighted by Crippen LogP contribution is -2.32. The van der Waals surface area contributed by atoms with Gasteiger partial charge in [0.05, 0.1) is 7.11 Å². The van der Waals surface area contributed by atoms with Gasteiger partial charge < -0.3 is 10.1 Å². The first-order chi connectivity index (χ1) is 8.45. The largest absolute Gasteiger partial charge is 0.467 e. The molecule has 0 bridgehead atoms. The molecule has 1 atom stereocenters. The molecule has 0 aliphatic heterocycles. The number of ether oxygens (including phenoxy) is 1. The van der Waals surface area contributed by atoms with Crippen LogP contribution in [0.3, 0.4) is 0 Å². The number of hydrogen-bond acceptors (Lipinski definition) is 5. The maximum absolute atomic E-state index is 11.7. The van der Waals surface area contributed by atoms with Gasteiger partial charge in [0.15, 0.2) is 0 Å². The number of nitrogens with one attached hydrogen (secondary N) is 1. The van der Waals surface area contributed by atoms with Crippen molar-refractivity contribution < 1.29 is 9.53 Å². The molecular formula is C12H18ClN3O2. The van der Waals surface area contributed by atoms with Crippen LogP contribution < -0.4 is 5.32 Å². The van der Waals surface area contributed by atoms with E-state index in [1.807, 2.05) is 13.8 Å². The molecule has 1 aromatic rings. The first kappa shape index (κ1) is 14.7. The lowest BCUT2D eigenvalue weighted by Gasteiger charge is -2.19. The normalized spacial score (nSPS) is 12.3. The summed E-state index contributed by atoms with van der Waals surface area (Å²) in [6, 6.07) is -0.431. The average molecular weight is 272 g/mol. The third-order valence-corrected chi connectivity index (χ3v) is 2.91. The van der Waals surface area contributed by atoms with Crippen molar-refractivity contribution in [1.29, 1.82) is 0 Å². The molecule has 0 aliphatic carbocycles. The topological polar surface area (TPSA) is 64.1 Å². The van der Waals surface area contributed by atoms with Crippen molar-refractivity contribution in [2.45, 2.75) is 33.2 Å². The van der Waals surface area contributed by atoms with E-state index in [1.165, 1.54) is 13.4 Å². The Balaban J connectivity index is 2.88. The highest BCUT2D eigenvalue weighted by Gasteiger charge is 2.21. The highest BCUT2D eigenvalue weighted by atomic mass is 35.5. The monoisotopic (exact) mass is 271 g/mol. The Hall–Kier alpha value is -1.36. The van der Waals surface area contributed by atoms with Crippen molar-refractivity contribution in [2.75, 3.05) is 12.4 Å². The van der Waals surface area contributed by atoms with E-state index in [1.54, 1.807) is 6.92 Å². The smallest absolute Gasteiger partial charge is 0.328 e. The first-order valence-corrected chi connectivity index (χ1v) is 6.15. The number of halogens is 1. The Morgan fingerprint density at radius 2 is 2.17 bits per heavy atom. The summed E-state index contributed by atoms with van der Waals surface area (Å²) < 4.78 is 4.78. The zero-order valence-electron chi connectivity index (χ0n) is 11.0. The van der Waals surface area contributed by atoms with Gasteiger partial charge in [-0.25, -0.2) is 14.8 Å². The van der Waals surface area contributed by atoms with E-state index in [-0.39, 0.29) is 5.97 Å². The molecule has 6 heteroatoms. The Kier molecular flexibility index (Phi) is 5.34. The summed E-state index contributed by atoms with van der Waals surface area (Å²) in [5.74, 6) is 0.614. The molecule has 100 valence electrons. The van der Waals surface area contributed by atoms with Gasteiger partial charge in [-0.05, 0) is 19.3 Å². The molecule has 0 spiro atoms. The van der Waals surface area contributed by atoms with Crippen LogP contribution in [0.1, 0.15) is 25.8 Å². The molecule has 0 aliphatic rings. The van der Waals surface area contributed by atoms with Crippen LogP contribution in [-0.4, -0.2) is 29.1 Å². The maximum atomic E-state index is 11.7. The first-order valence-electron chi connectivity index (χ1n) is 5.77. The van der Waals surface area contributed by atoms with E-state index < -0.39 is 6.04 Å². The third-order valence-electron chi connectivity index (χ3n) is 2.53. The molecule has 5 nitrogen and oxygen atoms in total. The van der Waals surface area contributed by atoms with Crippen LogP contribution in [0.5, 0.6) is 0 Å². The van der Waals surface area contributed by atoms with E-state index in [0.717, 1.165) is 5.56 Å². The lowest BCUT2D eigenvalue weighted by atomic mass is 10.0. The standard InChI is InChI=1S/C12H18ClN3O2/c1-7(2)5-9(12(17)18-4)16-11-8(3)10(13)14-6-15-11/h6-7,9H,5H2,1-4H3,(H,14,15,16). The molecular weight excluding hydrogens is 254 g/mol. The average Bonchev–Trinajstić information content (AvgIpc) is 2.32. The summed E-state index contributed by atoms with van der Waals surface area (Å²) in [7, 11) is 1.37. The van der Waals surface area contributed by atoms with E-state index in [2.05, 4.69) is 15.3 Å². The van der Waals surface area contributed by atoms with E-state index in [0.29, 0.717) is 23.3 Å². The van der Waals surface area contributed by atoms with E-state index in [9.17, 15) is 4.79 Å². The minimum atomic E-state index is -0.431. The summed E-state index contributed by atoms with van der Waals surface area (Å²) in [6.45, 7) is 5.88. The van der Waals surface area contributed by atoms with Gasteiger partial charge in [0.1, 0.15) is 23.3 Å². The molecule has 0 fully saturated rings. The molecule has 1 N–H and O–H groups in total. The number of hydrogen-bond donors (Lipinski definition) is 1. The second-order valence-corrected chi connectivity index (χ2v) is 4.85. The van der Waals surface area contributed by atoms with Crippen molar-refractivity contribution in [3.05, 3.63) is 17.0 Å². The second-order valence-electron chi connectivity index (χ2n) is 4.49. The number of methoxy groups -OCH3 is 1. The number of carbonyl (C=O) groups is 1. The van der Waals surface area contributed by atoms with Crippen LogP contribution in [0, 0.1) is 12.8 Å². The fourth-order valence-corrected chi connectivity index (χ4v) is 1.70. The number of anilines is 1. The predicted molar refractivity (Wildman–Crippen MR) is 70.7 cm³/mol. The van der Waals surface area contributed by atoms with Gasteiger partial charge in [-0.2, -0.15) is 0 Å². The van der Waals surface area contributed by atoms with Crippen LogP contribution in [-0.2, 0) is 9.53 Å². The highest BCUT2D eigenvalue weighted by molar-refractivity contribution is 6.30. The maximum Gasteiger partial charge on any atom is 0.328 e. The highest BCUT2D eigenvalue weighted by Crippen LogP contribution is 2.20. The molecule has 18 heavy (non-hydrogen) atoms. The van der Waals surface area contributed by atoms with Gasteiger partial charge in [-0.1, -0.05) is 25.4 Å². The number of esters is 1. The molecule has 1 aromatic heterocycles. The van der Waals surface area contributed by atoms with Gasteiger partial charge in [-0.3, -0.25) is 0 Å². The van der Waals surface area contributed by atoms with Gasteiger partial charge >= 0.3 is 5.97 Å². The number of carbonyl (C=O) groups excluding carboxylic acids is 1. The Morgan fingerprint density at radius 3 is 2.72 bits per heavy atom. The lowest BCUT2D eigenvalue weighted by molar-refractivity contribution is -0.141. The fourth-order valence-electron chi connectivity index (χ4n) is 1.57. The van der Waals surface area contributed by atoms with Crippen LogP contribution in [0.25, 0.3) is 0 Å². The van der Waals surface area contributed by atoms with Crippen molar-refractivity contribution in [2.24, 2.45) is 5.92 Å². The summed E-state index contributed by atoms with van der Waals surface area (Å²) in [5.41, 5.74) is 0.719. The van der Waals surface area contributed by atoms with Gasteiger partial charge in [0.25, 0.3) is 0 Å². The minimum absolute atomic E-state index is 0.308. The van der Waals surface area contributed by atoms with E-state index in [4.69, 9.17) is 16.3 Å². The number of nitrogens with zero attached hydrogens (tertiary/aromatic N) is 2. The zero-order chi connectivity index (χ0) is 13.7. The second kappa shape index (κ2) is 6.54. The third kappa shape index (κ3) is 3.84. The molecule has 0 saturated carbocycles. The number of aromatic nitrogens is 2. The molecule has 0 aromatic carbocycles. The van der Waals surface area contributed by atoms with Crippen LogP contribution in [0.4, 0.5) is 5.82 Å². The molecule has 0 saturated heterocycles. The molecule has 0 radical (unpaired) electrons. The number of rotatable bonds is 5. The minimum Gasteiger partial charge on any atom is -0.467 e. The van der Waals surface area contributed by atoms with Gasteiger partial charge in [0, 0.05) is 5.56 Å². The van der Waals surface area contributed by atoms with Crippen molar-refractivity contribution >= 4 is 23.4 Å². The van der Waals surface area contributed by atoms with Crippen molar-refractivity contribution in [3.8, 4) is 0 Å². The van der Waals surface area contributed by atoms with Crippen LogP contribution in [0.15, 0.2) is 6.33 Å². The van der Waals surface area contributed by atoms with Gasteiger partial charge in [-0.15, -0.1) is 0 Å². The summed E-state index contributed by atoms with van der Waals surface area (Å²) in [6.07, 6.45) is 2.02. The van der Waals surface area contributed by atoms with Crippen molar-refractivity contribution in [1.82, 2.24) is 9.97 Å². The van der Waals surface area contributed by atoms with Crippen molar-refractivity contribution in [3.63, 3.8) is 0 Å².